The number of rotatable bonds is 10. The molecule has 1 N–H and O–H groups in total. The Labute approximate surface area is 202 Å². The van der Waals surface area contributed by atoms with Crippen LogP contribution in [0.5, 0.6) is 0 Å². The van der Waals surface area contributed by atoms with E-state index >= 15 is 0 Å². The zero-order valence-electron chi connectivity index (χ0n) is 21.7. The highest BCUT2D eigenvalue weighted by atomic mass is 15.3. The molecule has 33 heavy (non-hydrogen) atoms. The molecule has 4 heteroatoms. The van der Waals surface area contributed by atoms with Gasteiger partial charge in [0.25, 0.3) is 0 Å². The molecule has 1 aliphatic carbocycles. The topological polar surface area (TPSA) is 33.1 Å². The normalized spacial score (nSPS) is 13.9. The van der Waals surface area contributed by atoms with Gasteiger partial charge >= 0.3 is 0 Å². The molecule has 1 heterocycles. The van der Waals surface area contributed by atoms with Crippen molar-refractivity contribution in [1.29, 1.82) is 0 Å². The highest BCUT2D eigenvalue weighted by Crippen LogP contribution is 2.31. The number of nitrogens with one attached hydrogen (secondary N) is 1. The molecule has 1 aliphatic rings. The first kappa shape index (κ1) is 26.5. The molecule has 1 saturated carbocycles. The molecule has 1 fully saturated rings. The molecule has 0 spiro atoms. The Morgan fingerprint density at radius 1 is 1.12 bits per heavy atom. The summed E-state index contributed by atoms with van der Waals surface area (Å²) in [6.07, 6.45) is 10.4. The summed E-state index contributed by atoms with van der Waals surface area (Å²) in [6.45, 7) is 20.9. The van der Waals surface area contributed by atoms with Crippen molar-refractivity contribution in [1.82, 2.24) is 20.0 Å². The molecule has 0 amide bonds. The van der Waals surface area contributed by atoms with Crippen molar-refractivity contribution in [3.63, 3.8) is 0 Å². The van der Waals surface area contributed by atoms with Crippen LogP contribution in [-0.2, 0) is 0 Å². The fourth-order valence-electron chi connectivity index (χ4n) is 4.34. The lowest BCUT2D eigenvalue weighted by Gasteiger charge is -2.26. The lowest BCUT2D eigenvalue weighted by molar-refractivity contribution is 0.354. The highest BCUT2D eigenvalue weighted by Gasteiger charge is 2.20. The Morgan fingerprint density at radius 2 is 1.79 bits per heavy atom. The van der Waals surface area contributed by atoms with Gasteiger partial charge in [0, 0.05) is 31.5 Å². The smallest absolute Gasteiger partial charge is 0.128 e. The Balaban J connectivity index is 0.00000187. The van der Waals surface area contributed by atoms with E-state index in [-0.39, 0.29) is 0 Å². The van der Waals surface area contributed by atoms with Crippen LogP contribution in [0.15, 0.2) is 55.4 Å². The van der Waals surface area contributed by atoms with Gasteiger partial charge in [-0.05, 0) is 74.3 Å². The molecule has 0 aliphatic heterocycles. The number of allylic oxidation sites excluding steroid dienone is 3. The molecular formula is C29H44N4. The van der Waals surface area contributed by atoms with E-state index in [4.69, 9.17) is 0 Å². The van der Waals surface area contributed by atoms with E-state index in [2.05, 4.69) is 86.6 Å². The molecule has 0 atom stereocenters. The third-order valence-electron chi connectivity index (χ3n) is 6.58. The van der Waals surface area contributed by atoms with Crippen LogP contribution in [0.3, 0.4) is 0 Å². The van der Waals surface area contributed by atoms with Crippen molar-refractivity contribution < 1.29 is 0 Å². The van der Waals surface area contributed by atoms with E-state index in [1.807, 2.05) is 24.7 Å². The number of nitrogens with zero attached hydrogens (tertiary/aromatic N) is 3. The number of aryl methyl sites for hydroxylation is 2. The summed E-state index contributed by atoms with van der Waals surface area (Å²) in [5, 5.41) is 8.22. The lowest BCUT2D eigenvalue weighted by atomic mass is 10.0. The van der Waals surface area contributed by atoms with Gasteiger partial charge < -0.3 is 10.2 Å². The van der Waals surface area contributed by atoms with Gasteiger partial charge in [0.2, 0.25) is 0 Å². The molecule has 4 nitrogen and oxygen atoms in total. The van der Waals surface area contributed by atoms with Crippen LogP contribution in [0.4, 0.5) is 0 Å². The zero-order valence-corrected chi connectivity index (χ0v) is 21.7. The molecule has 2 aromatic rings. The summed E-state index contributed by atoms with van der Waals surface area (Å²) in [4.78, 5) is 2.34. The standard InChI is InChI=1S/C27H38N4.C2H6/c1-20-12-7-10-15-26(20)21(2)18-27(31-23(4)22(3)19-29-31)28-16-11-17-30(6)24(5)25-13-8-9-14-25;1-2/h7,10,12,15,18-19,25,28H,2,5,8-9,11,13-14,16-17H2,1,3-4,6H3;1-2H3/b27-18-;. The van der Waals surface area contributed by atoms with Crippen LogP contribution in [-0.4, -0.2) is 34.8 Å². The van der Waals surface area contributed by atoms with Gasteiger partial charge in [-0.1, -0.05) is 64.1 Å². The van der Waals surface area contributed by atoms with Crippen molar-refractivity contribution in [2.24, 2.45) is 5.92 Å². The van der Waals surface area contributed by atoms with Crippen LogP contribution in [0.2, 0.25) is 0 Å². The van der Waals surface area contributed by atoms with Crippen molar-refractivity contribution in [2.75, 3.05) is 20.1 Å². The maximum absolute atomic E-state index is 4.60. The molecule has 0 radical (unpaired) electrons. The van der Waals surface area contributed by atoms with Crippen molar-refractivity contribution in [2.45, 2.75) is 66.7 Å². The molecule has 3 rings (SSSR count). The second kappa shape index (κ2) is 13.1. The van der Waals surface area contributed by atoms with Crippen LogP contribution in [0, 0.1) is 26.7 Å². The minimum atomic E-state index is 0.681. The molecule has 180 valence electrons. The SMILES string of the molecule is C=C(/C=C(/NCCCN(C)C(=C)C1CCCC1)n1ncc(C)c1C)c1ccccc1C.CC. The highest BCUT2D eigenvalue weighted by molar-refractivity contribution is 5.79. The first-order chi connectivity index (χ1) is 15.9. The molecule has 0 unspecified atom stereocenters. The van der Waals surface area contributed by atoms with Gasteiger partial charge in [-0.25, -0.2) is 4.68 Å². The number of benzene rings is 1. The number of hydrogen-bond acceptors (Lipinski definition) is 3. The zero-order chi connectivity index (χ0) is 24.4. The van der Waals surface area contributed by atoms with Gasteiger partial charge in [-0.3, -0.25) is 0 Å². The summed E-state index contributed by atoms with van der Waals surface area (Å²) in [5.74, 6) is 1.65. The van der Waals surface area contributed by atoms with Gasteiger partial charge in [0.15, 0.2) is 0 Å². The van der Waals surface area contributed by atoms with Crippen LogP contribution < -0.4 is 5.32 Å². The minimum Gasteiger partial charge on any atom is -0.378 e. The molecule has 1 aromatic carbocycles. The van der Waals surface area contributed by atoms with Crippen LogP contribution >= 0.6 is 0 Å². The van der Waals surface area contributed by atoms with E-state index in [0.29, 0.717) is 5.92 Å². The number of aromatic nitrogens is 2. The fraction of sp³-hybridized carbons (Fsp3) is 0.483. The van der Waals surface area contributed by atoms with E-state index in [1.165, 1.54) is 42.5 Å². The Kier molecular flexibility index (Phi) is 10.5. The summed E-state index contributed by atoms with van der Waals surface area (Å²) in [5.41, 5.74) is 7.00. The van der Waals surface area contributed by atoms with Crippen molar-refractivity contribution in [3.8, 4) is 0 Å². The molecular weight excluding hydrogens is 404 g/mol. The maximum atomic E-state index is 4.60. The monoisotopic (exact) mass is 448 g/mol. The summed E-state index contributed by atoms with van der Waals surface area (Å²) in [7, 11) is 2.18. The van der Waals surface area contributed by atoms with Crippen molar-refractivity contribution >= 4 is 11.4 Å². The minimum absolute atomic E-state index is 0.681. The molecule has 0 saturated heterocycles. The third-order valence-corrected chi connectivity index (χ3v) is 6.58. The Morgan fingerprint density at radius 3 is 2.39 bits per heavy atom. The van der Waals surface area contributed by atoms with Crippen molar-refractivity contribution in [3.05, 3.63) is 77.8 Å². The first-order valence-electron chi connectivity index (χ1n) is 12.5. The quantitative estimate of drug-likeness (QED) is 0.315. The maximum Gasteiger partial charge on any atom is 0.128 e. The largest absolute Gasteiger partial charge is 0.378 e. The second-order valence-corrected chi connectivity index (χ2v) is 8.87. The molecule has 0 bridgehead atoms. The average molecular weight is 449 g/mol. The number of hydrogen-bond donors (Lipinski definition) is 1. The second-order valence-electron chi connectivity index (χ2n) is 8.87. The summed E-state index contributed by atoms with van der Waals surface area (Å²) >= 11 is 0. The predicted molar refractivity (Wildman–Crippen MR) is 144 cm³/mol. The third kappa shape index (κ3) is 7.12. The first-order valence-corrected chi connectivity index (χ1v) is 12.5. The van der Waals surface area contributed by atoms with Gasteiger partial charge in [0.05, 0.1) is 6.20 Å². The van der Waals surface area contributed by atoms with E-state index < -0.39 is 0 Å². The Hall–Kier alpha value is -2.75. The van der Waals surface area contributed by atoms with Crippen LogP contribution in [0.1, 0.15) is 68.3 Å². The van der Waals surface area contributed by atoms with Crippen LogP contribution in [0.25, 0.3) is 11.4 Å². The average Bonchev–Trinajstić information content (AvgIpc) is 3.47. The summed E-state index contributed by atoms with van der Waals surface area (Å²) < 4.78 is 1.99. The van der Waals surface area contributed by atoms with Gasteiger partial charge in [-0.15, -0.1) is 0 Å². The summed E-state index contributed by atoms with van der Waals surface area (Å²) in [6, 6.07) is 8.37. The van der Waals surface area contributed by atoms with E-state index in [0.717, 1.165) is 42.2 Å². The van der Waals surface area contributed by atoms with E-state index in [9.17, 15) is 0 Å². The van der Waals surface area contributed by atoms with Gasteiger partial charge in [0.1, 0.15) is 5.82 Å². The Bertz CT molecular complexity index is 944. The fourth-order valence-corrected chi connectivity index (χ4v) is 4.34. The lowest BCUT2D eigenvalue weighted by Crippen LogP contribution is -2.27. The predicted octanol–water partition coefficient (Wildman–Crippen LogP) is 6.96. The molecule has 1 aromatic heterocycles. The van der Waals surface area contributed by atoms with E-state index in [1.54, 1.807) is 0 Å². The van der Waals surface area contributed by atoms with Gasteiger partial charge in [-0.2, -0.15) is 5.10 Å².